The van der Waals surface area contributed by atoms with Crippen LogP contribution in [0.1, 0.15) is 12.8 Å². The molecule has 0 bridgehead atoms. The lowest BCUT2D eigenvalue weighted by molar-refractivity contribution is -0.132. The molecule has 1 N–H and O–H groups in total. The second kappa shape index (κ2) is 1.89. The van der Waals surface area contributed by atoms with Gasteiger partial charge in [0.1, 0.15) is 5.84 Å². The van der Waals surface area contributed by atoms with Gasteiger partial charge in [0, 0.05) is 6.42 Å². The summed E-state index contributed by atoms with van der Waals surface area (Å²) < 4.78 is 34.1. The van der Waals surface area contributed by atoms with E-state index in [9.17, 15) is 13.2 Å². The number of hydrazone groups is 1. The molecule has 0 saturated heterocycles. The normalized spacial score (nSPS) is 16.6. The topological polar surface area (TPSA) is 34.3 Å². The van der Waals surface area contributed by atoms with Crippen LogP contribution < -0.4 is 5.43 Å². The number of alkyl halides is 3. The molecular formula is C4H5F3N2. The second-order valence-electron chi connectivity index (χ2n) is 1.79. The van der Waals surface area contributed by atoms with E-state index in [0.29, 0.717) is 5.84 Å². The maximum atomic E-state index is 11.4. The van der Waals surface area contributed by atoms with Crippen LogP contribution in [0, 0.1) is 0 Å². The molecule has 0 aliphatic carbocycles. The van der Waals surface area contributed by atoms with Crippen LogP contribution in [0.5, 0.6) is 0 Å². The molecule has 0 atom stereocenters. The Balaban J connectivity index is 2.10. The molecule has 9 heavy (non-hydrogen) atoms. The van der Waals surface area contributed by atoms with Gasteiger partial charge in [-0.15, -0.1) is 0 Å². The molecule has 0 unspecified atom stereocenters. The standard InChI is InChI=1S/C4H5F3N2/c5-4(6,7)2-1-3-8-9-3/h1-2H2,(H,8,9). The average Bonchev–Trinajstić information content (AvgIpc) is 2.38. The first-order valence-electron chi connectivity index (χ1n) is 2.47. The molecule has 1 aliphatic rings. The number of hydrogen-bond acceptors (Lipinski definition) is 2. The number of nitrogens with one attached hydrogen (secondary N) is 1. The van der Waals surface area contributed by atoms with E-state index in [1.807, 2.05) is 0 Å². The second-order valence-corrected chi connectivity index (χ2v) is 1.79. The van der Waals surface area contributed by atoms with Gasteiger partial charge in [-0.2, -0.15) is 18.3 Å². The van der Waals surface area contributed by atoms with E-state index in [1.54, 1.807) is 0 Å². The molecule has 0 aromatic carbocycles. The largest absolute Gasteiger partial charge is 0.389 e. The van der Waals surface area contributed by atoms with Crippen LogP contribution in [-0.2, 0) is 0 Å². The lowest BCUT2D eigenvalue weighted by Crippen LogP contribution is -2.08. The van der Waals surface area contributed by atoms with Crippen molar-refractivity contribution in [2.45, 2.75) is 19.0 Å². The Labute approximate surface area is 49.7 Å². The van der Waals surface area contributed by atoms with Crippen molar-refractivity contribution >= 4 is 5.84 Å². The fourth-order valence-electron chi connectivity index (χ4n) is 0.411. The number of amidine groups is 1. The van der Waals surface area contributed by atoms with Crippen molar-refractivity contribution in [3.8, 4) is 0 Å². The maximum Gasteiger partial charge on any atom is 0.389 e. The van der Waals surface area contributed by atoms with Crippen LogP contribution in [0.25, 0.3) is 0 Å². The summed E-state index contributed by atoms with van der Waals surface area (Å²) >= 11 is 0. The predicted octanol–water partition coefficient (Wildman–Crippen LogP) is 1.25. The fraction of sp³-hybridized carbons (Fsp3) is 0.750. The first-order valence-corrected chi connectivity index (χ1v) is 2.47. The van der Waals surface area contributed by atoms with Crippen molar-refractivity contribution in [2.24, 2.45) is 5.10 Å². The molecule has 1 rings (SSSR count). The van der Waals surface area contributed by atoms with Crippen LogP contribution in [0.3, 0.4) is 0 Å². The van der Waals surface area contributed by atoms with Gasteiger partial charge in [0.2, 0.25) is 0 Å². The number of hydrogen-bond donors (Lipinski definition) is 1. The molecule has 0 aromatic rings. The highest BCUT2D eigenvalue weighted by atomic mass is 19.4. The van der Waals surface area contributed by atoms with Crippen LogP contribution in [-0.4, -0.2) is 12.0 Å². The Morgan fingerprint density at radius 1 is 1.44 bits per heavy atom. The van der Waals surface area contributed by atoms with Crippen molar-refractivity contribution < 1.29 is 13.2 Å². The minimum Gasteiger partial charge on any atom is -0.262 e. The quantitative estimate of drug-likeness (QED) is 0.612. The third-order valence-corrected chi connectivity index (χ3v) is 0.915. The lowest BCUT2D eigenvalue weighted by Gasteiger charge is -2.00. The highest BCUT2D eigenvalue weighted by Crippen LogP contribution is 2.22. The Bertz CT molecular complexity index is 137. The summed E-state index contributed by atoms with van der Waals surface area (Å²) in [7, 11) is 0. The minimum atomic E-state index is -4.05. The molecule has 52 valence electrons. The van der Waals surface area contributed by atoms with Gasteiger partial charge in [-0.05, 0) is 0 Å². The summed E-state index contributed by atoms with van der Waals surface area (Å²) in [5, 5.41) is 3.37. The fourth-order valence-corrected chi connectivity index (χ4v) is 0.411. The van der Waals surface area contributed by atoms with E-state index < -0.39 is 12.6 Å². The molecule has 5 heteroatoms. The first kappa shape index (κ1) is 6.38. The zero-order valence-electron chi connectivity index (χ0n) is 4.50. The molecule has 0 fully saturated rings. The van der Waals surface area contributed by atoms with E-state index in [0.717, 1.165) is 0 Å². The van der Waals surface area contributed by atoms with Crippen molar-refractivity contribution in [3.05, 3.63) is 0 Å². The smallest absolute Gasteiger partial charge is 0.262 e. The van der Waals surface area contributed by atoms with Crippen LogP contribution in [0.4, 0.5) is 13.2 Å². The van der Waals surface area contributed by atoms with Crippen molar-refractivity contribution in [1.82, 2.24) is 5.43 Å². The highest BCUT2D eigenvalue weighted by Gasteiger charge is 2.28. The number of halogens is 3. The molecule has 0 spiro atoms. The van der Waals surface area contributed by atoms with Gasteiger partial charge in [-0.25, -0.2) is 0 Å². The number of rotatable bonds is 2. The SMILES string of the molecule is FC(F)(F)CCC1=NN1. The van der Waals surface area contributed by atoms with Crippen molar-refractivity contribution in [1.29, 1.82) is 0 Å². The molecule has 0 aromatic heterocycles. The van der Waals surface area contributed by atoms with E-state index >= 15 is 0 Å². The summed E-state index contributed by atoms with van der Waals surface area (Å²) in [6.45, 7) is 0. The zero-order valence-corrected chi connectivity index (χ0v) is 4.50. The maximum absolute atomic E-state index is 11.4. The summed E-state index contributed by atoms with van der Waals surface area (Å²) in [4.78, 5) is 0. The molecule has 0 saturated carbocycles. The Hall–Kier alpha value is -0.740. The van der Waals surface area contributed by atoms with E-state index in [-0.39, 0.29) is 6.42 Å². The summed E-state index contributed by atoms with van der Waals surface area (Å²) in [6, 6.07) is 0. The van der Waals surface area contributed by atoms with Gasteiger partial charge in [-0.1, -0.05) is 0 Å². The van der Waals surface area contributed by atoms with Crippen LogP contribution in [0.2, 0.25) is 0 Å². The summed E-state index contributed by atoms with van der Waals surface area (Å²) in [5.74, 6) is 0.451. The third kappa shape index (κ3) is 2.94. The van der Waals surface area contributed by atoms with Crippen LogP contribution >= 0.6 is 0 Å². The highest BCUT2D eigenvalue weighted by molar-refractivity contribution is 5.90. The van der Waals surface area contributed by atoms with E-state index in [1.165, 1.54) is 0 Å². The predicted molar refractivity (Wildman–Crippen MR) is 25.9 cm³/mol. The van der Waals surface area contributed by atoms with Gasteiger partial charge in [0.25, 0.3) is 0 Å². The van der Waals surface area contributed by atoms with Gasteiger partial charge < -0.3 is 0 Å². The molecule has 0 amide bonds. The Kier molecular flexibility index (Phi) is 1.34. The van der Waals surface area contributed by atoms with Crippen molar-refractivity contribution in [3.63, 3.8) is 0 Å². The van der Waals surface area contributed by atoms with Gasteiger partial charge in [-0.3, -0.25) is 5.43 Å². The molecule has 1 aliphatic heterocycles. The van der Waals surface area contributed by atoms with E-state index in [4.69, 9.17) is 0 Å². The molecule has 2 nitrogen and oxygen atoms in total. The molecule has 0 radical (unpaired) electrons. The third-order valence-electron chi connectivity index (χ3n) is 0.915. The Morgan fingerprint density at radius 2 is 2.00 bits per heavy atom. The summed E-state index contributed by atoms with van der Waals surface area (Å²) in [5.41, 5.74) is 2.35. The van der Waals surface area contributed by atoms with Gasteiger partial charge in [0.15, 0.2) is 0 Å². The monoisotopic (exact) mass is 138 g/mol. The Morgan fingerprint density at radius 3 is 2.33 bits per heavy atom. The van der Waals surface area contributed by atoms with Gasteiger partial charge >= 0.3 is 6.18 Å². The van der Waals surface area contributed by atoms with Crippen LogP contribution in [0.15, 0.2) is 5.10 Å². The zero-order chi connectivity index (χ0) is 6.91. The molecular weight excluding hydrogens is 133 g/mol. The van der Waals surface area contributed by atoms with Gasteiger partial charge in [0.05, 0.1) is 6.42 Å². The molecule has 1 heterocycles. The summed E-state index contributed by atoms with van der Waals surface area (Å²) in [6.07, 6.45) is -4.84. The number of nitrogens with zero attached hydrogens (tertiary/aromatic N) is 1. The average molecular weight is 138 g/mol. The lowest BCUT2D eigenvalue weighted by atomic mass is 10.3. The minimum absolute atomic E-state index is 0.0104. The van der Waals surface area contributed by atoms with E-state index in [2.05, 4.69) is 10.5 Å². The van der Waals surface area contributed by atoms with Crippen molar-refractivity contribution in [2.75, 3.05) is 0 Å². The first-order chi connectivity index (χ1) is 4.08.